The molecule has 1 amide bonds. The quantitative estimate of drug-likeness (QED) is 0.779. The lowest BCUT2D eigenvalue weighted by Gasteiger charge is -2.05. The fourth-order valence-electron chi connectivity index (χ4n) is 1.71. The van der Waals surface area contributed by atoms with Crippen LogP contribution in [-0.2, 0) is 13.5 Å². The molecule has 0 radical (unpaired) electrons. The molecule has 0 aliphatic carbocycles. The second kappa shape index (κ2) is 6.25. The largest absolute Gasteiger partial charge is 0.389 e. The van der Waals surface area contributed by atoms with Gasteiger partial charge in [-0.1, -0.05) is 24.4 Å². The molecule has 1 aromatic heterocycles. The second-order valence-electron chi connectivity index (χ2n) is 4.31. The highest BCUT2D eigenvalue weighted by molar-refractivity contribution is 7.80. The number of hydrogen-bond acceptors (Lipinski definition) is 4. The van der Waals surface area contributed by atoms with Gasteiger partial charge in [0.1, 0.15) is 17.1 Å². The summed E-state index contributed by atoms with van der Waals surface area (Å²) in [6.45, 7) is 0.502. The van der Waals surface area contributed by atoms with Gasteiger partial charge in [-0.2, -0.15) is 0 Å². The van der Waals surface area contributed by atoms with E-state index in [-0.39, 0.29) is 5.91 Å². The molecule has 1 heterocycles. The van der Waals surface area contributed by atoms with E-state index in [0.717, 1.165) is 11.4 Å². The van der Waals surface area contributed by atoms with Gasteiger partial charge in [0.2, 0.25) is 0 Å². The third-order valence-electron chi connectivity index (χ3n) is 2.87. The number of amides is 1. The van der Waals surface area contributed by atoms with E-state index in [9.17, 15) is 4.79 Å². The molecule has 0 aliphatic rings. The zero-order valence-electron chi connectivity index (χ0n) is 11.0. The molecular weight excluding hydrogens is 274 g/mol. The van der Waals surface area contributed by atoms with Crippen molar-refractivity contribution < 1.29 is 4.79 Å². The van der Waals surface area contributed by atoms with Gasteiger partial charge in [-0.25, -0.2) is 0 Å². The van der Waals surface area contributed by atoms with E-state index < -0.39 is 0 Å². The Morgan fingerprint density at radius 1 is 1.35 bits per heavy atom. The van der Waals surface area contributed by atoms with Crippen LogP contribution in [0.1, 0.15) is 21.7 Å². The van der Waals surface area contributed by atoms with Gasteiger partial charge in [-0.15, -0.1) is 10.2 Å². The summed E-state index contributed by atoms with van der Waals surface area (Å²) in [7, 11) is 1.87. The minimum atomic E-state index is -0.137. The standard InChI is InChI=1S/C13H15N5OS/c1-18-8-16-17-11(18)6-7-15-13(19)10-4-2-9(3-5-10)12(14)20/h2-5,8H,6-7H2,1H3,(H2,14,20)(H,15,19). The molecule has 0 aliphatic heterocycles. The Labute approximate surface area is 122 Å². The first-order chi connectivity index (χ1) is 9.58. The molecule has 3 N–H and O–H groups in total. The Kier molecular flexibility index (Phi) is 4.41. The summed E-state index contributed by atoms with van der Waals surface area (Å²) in [4.78, 5) is 12.2. The minimum Gasteiger partial charge on any atom is -0.389 e. The number of aryl methyl sites for hydroxylation is 1. The molecule has 20 heavy (non-hydrogen) atoms. The predicted octanol–water partition coefficient (Wildman–Crippen LogP) is 0.422. The van der Waals surface area contributed by atoms with Crippen LogP contribution in [0, 0.1) is 0 Å². The van der Waals surface area contributed by atoms with Gasteiger partial charge in [-0.3, -0.25) is 4.79 Å². The van der Waals surface area contributed by atoms with Crippen LogP contribution in [0.5, 0.6) is 0 Å². The molecule has 7 heteroatoms. The Morgan fingerprint density at radius 3 is 2.55 bits per heavy atom. The van der Waals surface area contributed by atoms with Crippen LogP contribution in [0.25, 0.3) is 0 Å². The van der Waals surface area contributed by atoms with E-state index in [1.807, 2.05) is 11.6 Å². The second-order valence-corrected chi connectivity index (χ2v) is 4.75. The fourth-order valence-corrected chi connectivity index (χ4v) is 1.85. The maximum absolute atomic E-state index is 11.9. The van der Waals surface area contributed by atoms with Crippen LogP contribution >= 0.6 is 12.2 Å². The summed E-state index contributed by atoms with van der Waals surface area (Å²) in [5, 5.41) is 10.6. The third-order valence-corrected chi connectivity index (χ3v) is 3.11. The van der Waals surface area contributed by atoms with Crippen molar-refractivity contribution >= 4 is 23.1 Å². The van der Waals surface area contributed by atoms with Crippen LogP contribution in [0.15, 0.2) is 30.6 Å². The van der Waals surface area contributed by atoms with E-state index in [1.165, 1.54) is 0 Å². The van der Waals surface area contributed by atoms with Crippen molar-refractivity contribution in [2.75, 3.05) is 6.54 Å². The zero-order chi connectivity index (χ0) is 14.5. The molecule has 2 aromatic rings. The van der Waals surface area contributed by atoms with E-state index in [4.69, 9.17) is 18.0 Å². The number of nitrogens with zero attached hydrogens (tertiary/aromatic N) is 3. The summed E-state index contributed by atoms with van der Waals surface area (Å²) in [6, 6.07) is 6.87. The van der Waals surface area contributed by atoms with Crippen molar-refractivity contribution in [1.82, 2.24) is 20.1 Å². The molecule has 0 saturated carbocycles. The topological polar surface area (TPSA) is 85.8 Å². The molecule has 0 saturated heterocycles. The normalized spacial score (nSPS) is 10.2. The molecule has 0 atom stereocenters. The summed E-state index contributed by atoms with van der Waals surface area (Å²) in [5.41, 5.74) is 6.82. The number of nitrogens with one attached hydrogen (secondary N) is 1. The van der Waals surface area contributed by atoms with E-state index in [2.05, 4.69) is 15.5 Å². The Morgan fingerprint density at radius 2 is 2.00 bits per heavy atom. The van der Waals surface area contributed by atoms with Crippen LogP contribution in [-0.4, -0.2) is 32.2 Å². The Bertz CT molecular complexity index is 620. The summed E-state index contributed by atoms with van der Waals surface area (Å²) < 4.78 is 1.82. The Balaban J connectivity index is 1.88. The average Bonchev–Trinajstić information content (AvgIpc) is 2.84. The molecule has 0 unspecified atom stereocenters. The van der Waals surface area contributed by atoms with E-state index >= 15 is 0 Å². The third kappa shape index (κ3) is 3.39. The molecule has 104 valence electrons. The van der Waals surface area contributed by atoms with Crippen molar-refractivity contribution in [3.63, 3.8) is 0 Å². The first kappa shape index (κ1) is 14.1. The van der Waals surface area contributed by atoms with Gasteiger partial charge in [-0.05, 0) is 12.1 Å². The number of thiocarbonyl (C=S) groups is 1. The van der Waals surface area contributed by atoms with Crippen molar-refractivity contribution in [3.05, 3.63) is 47.5 Å². The highest BCUT2D eigenvalue weighted by Crippen LogP contribution is 2.04. The van der Waals surface area contributed by atoms with Gasteiger partial charge < -0.3 is 15.6 Å². The van der Waals surface area contributed by atoms with Crippen LogP contribution in [0.4, 0.5) is 0 Å². The number of hydrogen-bond donors (Lipinski definition) is 2. The SMILES string of the molecule is Cn1cnnc1CCNC(=O)c1ccc(C(N)=S)cc1. The van der Waals surface area contributed by atoms with Gasteiger partial charge in [0, 0.05) is 31.1 Å². The van der Waals surface area contributed by atoms with Crippen molar-refractivity contribution in [1.29, 1.82) is 0 Å². The highest BCUT2D eigenvalue weighted by atomic mass is 32.1. The number of nitrogens with two attached hydrogens (primary N) is 1. The van der Waals surface area contributed by atoms with Crippen LogP contribution in [0.3, 0.4) is 0 Å². The van der Waals surface area contributed by atoms with Crippen molar-refractivity contribution in [2.45, 2.75) is 6.42 Å². The fraction of sp³-hybridized carbons (Fsp3) is 0.231. The van der Waals surface area contributed by atoms with Crippen LogP contribution < -0.4 is 11.1 Å². The zero-order valence-corrected chi connectivity index (χ0v) is 11.9. The lowest BCUT2D eigenvalue weighted by atomic mass is 10.1. The minimum absolute atomic E-state index is 0.137. The lowest BCUT2D eigenvalue weighted by molar-refractivity contribution is 0.0954. The smallest absolute Gasteiger partial charge is 0.251 e. The number of rotatable bonds is 5. The summed E-state index contributed by atoms with van der Waals surface area (Å²) in [6.07, 6.45) is 2.26. The van der Waals surface area contributed by atoms with Crippen LogP contribution in [0.2, 0.25) is 0 Å². The maximum Gasteiger partial charge on any atom is 0.251 e. The molecule has 0 fully saturated rings. The number of carbonyl (C=O) groups is 1. The van der Waals surface area contributed by atoms with Gasteiger partial charge in [0.25, 0.3) is 5.91 Å². The molecule has 0 bridgehead atoms. The first-order valence-corrected chi connectivity index (χ1v) is 6.49. The molecule has 2 rings (SSSR count). The summed E-state index contributed by atoms with van der Waals surface area (Å²) >= 11 is 4.86. The van der Waals surface area contributed by atoms with Gasteiger partial charge in [0.05, 0.1) is 0 Å². The Hall–Kier alpha value is -2.28. The highest BCUT2D eigenvalue weighted by Gasteiger charge is 2.06. The molecule has 1 aromatic carbocycles. The lowest BCUT2D eigenvalue weighted by Crippen LogP contribution is -2.26. The molecule has 0 spiro atoms. The average molecular weight is 289 g/mol. The maximum atomic E-state index is 11.9. The van der Waals surface area contributed by atoms with Crippen molar-refractivity contribution in [3.8, 4) is 0 Å². The van der Waals surface area contributed by atoms with Gasteiger partial charge in [0.15, 0.2) is 0 Å². The predicted molar refractivity (Wildman–Crippen MR) is 79.4 cm³/mol. The van der Waals surface area contributed by atoms with E-state index in [1.54, 1.807) is 30.6 Å². The summed E-state index contributed by atoms with van der Waals surface area (Å²) in [5.74, 6) is 0.691. The first-order valence-electron chi connectivity index (χ1n) is 6.09. The number of aromatic nitrogens is 3. The monoisotopic (exact) mass is 289 g/mol. The molecule has 6 nitrogen and oxygen atoms in total. The van der Waals surface area contributed by atoms with Gasteiger partial charge >= 0.3 is 0 Å². The van der Waals surface area contributed by atoms with E-state index in [0.29, 0.717) is 23.5 Å². The van der Waals surface area contributed by atoms with Crippen molar-refractivity contribution in [2.24, 2.45) is 12.8 Å². The number of benzene rings is 1. The molecular formula is C13H15N5OS. The number of carbonyl (C=O) groups excluding carboxylic acids is 1.